The fraction of sp³-hybridized carbons (Fsp3) is 0.571. The maximum absolute atomic E-state index is 5.55. The molecule has 3 rings (SSSR count). The Labute approximate surface area is 97.0 Å². The summed E-state index contributed by atoms with van der Waals surface area (Å²) in [7, 11) is 0. The van der Waals surface area contributed by atoms with Crippen LogP contribution in [0.1, 0.15) is 36.8 Å². The van der Waals surface area contributed by atoms with Gasteiger partial charge in [0.25, 0.3) is 0 Å². The summed E-state index contributed by atoms with van der Waals surface area (Å²) >= 11 is 0. The van der Waals surface area contributed by atoms with Crippen LogP contribution >= 0.6 is 0 Å². The predicted octanol–water partition coefficient (Wildman–Crippen LogP) is 2.48. The predicted molar refractivity (Wildman–Crippen MR) is 65.1 cm³/mol. The van der Waals surface area contributed by atoms with Crippen LogP contribution in [0.15, 0.2) is 18.2 Å². The molecule has 86 valence electrons. The van der Waals surface area contributed by atoms with Crippen molar-refractivity contribution in [1.82, 2.24) is 5.32 Å². The summed E-state index contributed by atoms with van der Waals surface area (Å²) in [6, 6.07) is 7.44. The molecule has 1 aromatic rings. The van der Waals surface area contributed by atoms with Crippen molar-refractivity contribution in [3.63, 3.8) is 0 Å². The Bertz CT molecular complexity index is 388. The van der Waals surface area contributed by atoms with E-state index in [0.29, 0.717) is 6.04 Å². The number of rotatable bonds is 1. The van der Waals surface area contributed by atoms with E-state index in [1.807, 2.05) is 0 Å². The molecule has 0 aliphatic carbocycles. The van der Waals surface area contributed by atoms with Gasteiger partial charge in [-0.3, -0.25) is 0 Å². The smallest absolute Gasteiger partial charge is 0.122 e. The normalized spacial score (nSPS) is 28.6. The lowest BCUT2D eigenvalue weighted by atomic mass is 9.86. The Hall–Kier alpha value is -1.02. The lowest BCUT2D eigenvalue weighted by molar-refractivity contribution is 0.356. The zero-order valence-corrected chi connectivity index (χ0v) is 9.83. The second-order valence-corrected chi connectivity index (χ2v) is 5.04. The molecular weight excluding hydrogens is 198 g/mol. The molecule has 0 amide bonds. The van der Waals surface area contributed by atoms with Crippen molar-refractivity contribution in [2.75, 3.05) is 13.2 Å². The number of nitrogens with one attached hydrogen (secondary N) is 1. The Morgan fingerprint density at radius 2 is 2.31 bits per heavy atom. The minimum absolute atomic E-state index is 0.656. The molecule has 1 saturated heterocycles. The molecule has 16 heavy (non-hydrogen) atoms. The molecule has 1 aromatic carbocycles. The van der Waals surface area contributed by atoms with E-state index < -0.39 is 0 Å². The zero-order chi connectivity index (χ0) is 11.0. The minimum atomic E-state index is 0.656. The lowest BCUT2D eigenvalue weighted by Gasteiger charge is -2.28. The van der Waals surface area contributed by atoms with Crippen LogP contribution in [0.25, 0.3) is 0 Å². The SMILES string of the molecule is CC1CC(c2ccc3c(c2)CCO3)CCN1. The van der Waals surface area contributed by atoms with Gasteiger partial charge in [0.05, 0.1) is 6.61 Å². The molecule has 0 radical (unpaired) electrons. The monoisotopic (exact) mass is 217 g/mol. The van der Waals surface area contributed by atoms with E-state index in [1.54, 1.807) is 0 Å². The molecule has 1 N–H and O–H groups in total. The summed E-state index contributed by atoms with van der Waals surface area (Å²) in [6.07, 6.45) is 3.62. The standard InChI is InChI=1S/C14H19NO/c1-10-8-12(4-6-15-10)11-2-3-14-13(9-11)5-7-16-14/h2-3,9-10,12,15H,4-8H2,1H3. The highest BCUT2D eigenvalue weighted by Gasteiger charge is 2.21. The van der Waals surface area contributed by atoms with Crippen LogP contribution in [0.2, 0.25) is 0 Å². The van der Waals surface area contributed by atoms with Crippen LogP contribution < -0.4 is 10.1 Å². The minimum Gasteiger partial charge on any atom is -0.493 e. The first kappa shape index (κ1) is 10.2. The molecule has 0 bridgehead atoms. The third kappa shape index (κ3) is 1.82. The van der Waals surface area contributed by atoms with Crippen LogP contribution in [-0.2, 0) is 6.42 Å². The van der Waals surface area contributed by atoms with Gasteiger partial charge in [-0.15, -0.1) is 0 Å². The van der Waals surface area contributed by atoms with E-state index in [1.165, 1.54) is 24.0 Å². The number of hydrogen-bond donors (Lipinski definition) is 1. The highest BCUT2D eigenvalue weighted by molar-refractivity contribution is 5.41. The quantitative estimate of drug-likeness (QED) is 0.780. The maximum atomic E-state index is 5.55. The summed E-state index contributed by atoms with van der Waals surface area (Å²) in [4.78, 5) is 0. The van der Waals surface area contributed by atoms with Crippen LogP contribution in [-0.4, -0.2) is 19.2 Å². The molecule has 2 atom stereocenters. The Kier molecular flexibility index (Phi) is 2.60. The van der Waals surface area contributed by atoms with Crippen molar-refractivity contribution in [3.8, 4) is 5.75 Å². The van der Waals surface area contributed by atoms with Crippen LogP contribution in [0.5, 0.6) is 5.75 Å². The molecule has 2 nitrogen and oxygen atoms in total. The maximum Gasteiger partial charge on any atom is 0.122 e. The van der Waals surface area contributed by atoms with Gasteiger partial charge in [0.2, 0.25) is 0 Å². The second-order valence-electron chi connectivity index (χ2n) is 5.04. The molecule has 0 spiro atoms. The Morgan fingerprint density at radius 1 is 1.38 bits per heavy atom. The number of hydrogen-bond acceptors (Lipinski definition) is 2. The van der Waals surface area contributed by atoms with E-state index in [2.05, 4.69) is 30.4 Å². The highest BCUT2D eigenvalue weighted by atomic mass is 16.5. The molecule has 1 fully saturated rings. The molecule has 2 aliphatic heterocycles. The molecule has 0 saturated carbocycles. The average molecular weight is 217 g/mol. The van der Waals surface area contributed by atoms with Gasteiger partial charge >= 0.3 is 0 Å². The number of piperidine rings is 1. The highest BCUT2D eigenvalue weighted by Crippen LogP contribution is 2.33. The summed E-state index contributed by atoms with van der Waals surface area (Å²) in [6.45, 7) is 4.30. The summed E-state index contributed by atoms with van der Waals surface area (Å²) in [5, 5.41) is 3.51. The van der Waals surface area contributed by atoms with Crippen molar-refractivity contribution in [3.05, 3.63) is 29.3 Å². The third-order valence-corrected chi connectivity index (χ3v) is 3.81. The topological polar surface area (TPSA) is 21.3 Å². The molecule has 0 aromatic heterocycles. The molecule has 2 aliphatic rings. The third-order valence-electron chi connectivity index (χ3n) is 3.81. The molecule has 2 heteroatoms. The van der Waals surface area contributed by atoms with E-state index in [-0.39, 0.29) is 0 Å². The fourth-order valence-corrected chi connectivity index (χ4v) is 2.90. The van der Waals surface area contributed by atoms with Crippen LogP contribution in [0.4, 0.5) is 0 Å². The van der Waals surface area contributed by atoms with Crippen molar-refractivity contribution in [1.29, 1.82) is 0 Å². The first-order chi connectivity index (χ1) is 7.83. The van der Waals surface area contributed by atoms with Gasteiger partial charge in [0.15, 0.2) is 0 Å². The number of fused-ring (bicyclic) bond motifs is 1. The summed E-state index contributed by atoms with van der Waals surface area (Å²) < 4.78 is 5.55. The van der Waals surface area contributed by atoms with E-state index in [4.69, 9.17) is 4.74 Å². The zero-order valence-electron chi connectivity index (χ0n) is 9.83. The van der Waals surface area contributed by atoms with E-state index in [9.17, 15) is 0 Å². The molecule has 2 heterocycles. The van der Waals surface area contributed by atoms with E-state index in [0.717, 1.165) is 31.2 Å². The van der Waals surface area contributed by atoms with Crippen molar-refractivity contribution < 1.29 is 4.74 Å². The molecular formula is C14H19NO. The van der Waals surface area contributed by atoms with Gasteiger partial charge in [0.1, 0.15) is 5.75 Å². The van der Waals surface area contributed by atoms with Gasteiger partial charge < -0.3 is 10.1 Å². The van der Waals surface area contributed by atoms with Crippen molar-refractivity contribution >= 4 is 0 Å². The summed E-state index contributed by atoms with van der Waals surface area (Å²) in [5.41, 5.74) is 2.92. The van der Waals surface area contributed by atoms with Crippen molar-refractivity contribution in [2.45, 2.75) is 38.1 Å². The van der Waals surface area contributed by atoms with Crippen LogP contribution in [0.3, 0.4) is 0 Å². The van der Waals surface area contributed by atoms with Gasteiger partial charge in [-0.1, -0.05) is 12.1 Å². The van der Waals surface area contributed by atoms with Crippen molar-refractivity contribution in [2.24, 2.45) is 0 Å². The lowest BCUT2D eigenvalue weighted by Crippen LogP contribution is -2.34. The molecule has 2 unspecified atom stereocenters. The fourth-order valence-electron chi connectivity index (χ4n) is 2.90. The largest absolute Gasteiger partial charge is 0.493 e. The number of ether oxygens (including phenoxy) is 1. The second kappa shape index (κ2) is 4.10. The average Bonchev–Trinajstić information content (AvgIpc) is 2.75. The van der Waals surface area contributed by atoms with Gasteiger partial charge in [-0.25, -0.2) is 0 Å². The Balaban J connectivity index is 1.83. The van der Waals surface area contributed by atoms with Crippen LogP contribution in [0, 0.1) is 0 Å². The first-order valence-electron chi connectivity index (χ1n) is 6.32. The van der Waals surface area contributed by atoms with Gasteiger partial charge in [-0.2, -0.15) is 0 Å². The Morgan fingerprint density at radius 3 is 3.19 bits per heavy atom. The number of benzene rings is 1. The van der Waals surface area contributed by atoms with E-state index >= 15 is 0 Å². The van der Waals surface area contributed by atoms with Gasteiger partial charge in [-0.05, 0) is 49.4 Å². The summed E-state index contributed by atoms with van der Waals surface area (Å²) in [5.74, 6) is 1.84. The van der Waals surface area contributed by atoms with Gasteiger partial charge in [0, 0.05) is 12.5 Å². The first-order valence-corrected chi connectivity index (χ1v) is 6.32.